The first-order chi connectivity index (χ1) is 15.5. The van der Waals surface area contributed by atoms with Crippen molar-refractivity contribution < 1.29 is 18.7 Å². The molecule has 1 aromatic heterocycles. The lowest BCUT2D eigenvalue weighted by molar-refractivity contribution is -0.156. The van der Waals surface area contributed by atoms with Crippen molar-refractivity contribution in [3.05, 3.63) is 84.2 Å². The van der Waals surface area contributed by atoms with Crippen LogP contribution in [-0.4, -0.2) is 59.0 Å². The second-order valence-corrected chi connectivity index (χ2v) is 7.58. The lowest BCUT2D eigenvalue weighted by atomic mass is 9.87. The number of amides is 2. The van der Waals surface area contributed by atoms with E-state index in [1.807, 2.05) is 24.3 Å². The fourth-order valence-electron chi connectivity index (χ4n) is 3.97. The molecule has 2 amide bonds. The molecule has 0 bridgehead atoms. The Balaban J connectivity index is 1.67. The van der Waals surface area contributed by atoms with Crippen molar-refractivity contribution in [1.29, 1.82) is 0 Å². The van der Waals surface area contributed by atoms with Gasteiger partial charge in [0.25, 0.3) is 11.8 Å². The molecule has 2 heterocycles. The van der Waals surface area contributed by atoms with Crippen molar-refractivity contribution in [2.45, 2.75) is 12.0 Å². The maximum atomic E-state index is 13.4. The van der Waals surface area contributed by atoms with Gasteiger partial charge in [-0.3, -0.25) is 14.6 Å². The highest BCUT2D eigenvalue weighted by Crippen LogP contribution is 2.31. The minimum absolute atomic E-state index is 0.0693. The van der Waals surface area contributed by atoms with E-state index in [0.717, 1.165) is 16.7 Å². The quantitative estimate of drug-likeness (QED) is 0.667. The first-order valence-electron chi connectivity index (χ1n) is 10.3. The molecule has 3 aromatic rings. The summed E-state index contributed by atoms with van der Waals surface area (Å²) in [4.78, 5) is 35.6. The number of hydrogen-bond acceptors (Lipinski definition) is 5. The Hall–Kier alpha value is -3.65. The predicted molar refractivity (Wildman–Crippen MR) is 116 cm³/mol. The summed E-state index contributed by atoms with van der Waals surface area (Å²) in [6.07, 6.45) is 4.60. The molecule has 0 saturated carbocycles. The highest BCUT2D eigenvalue weighted by Gasteiger charge is 2.45. The molecule has 2 aromatic carbocycles. The van der Waals surface area contributed by atoms with Crippen LogP contribution in [0, 0.1) is 5.82 Å². The fraction of sp³-hybridized carbons (Fsp3) is 0.250. The molecule has 0 aliphatic carbocycles. The monoisotopic (exact) mass is 434 g/mol. The van der Waals surface area contributed by atoms with Crippen molar-refractivity contribution in [2.75, 3.05) is 26.7 Å². The lowest BCUT2D eigenvalue weighted by Crippen LogP contribution is -2.61. The number of carbonyl (C=O) groups is 2. The molecule has 164 valence electrons. The third-order valence-electron chi connectivity index (χ3n) is 5.54. The van der Waals surface area contributed by atoms with Crippen LogP contribution in [0.5, 0.6) is 0 Å². The van der Waals surface area contributed by atoms with E-state index in [9.17, 15) is 14.0 Å². The number of carbonyl (C=O) groups excluding carboxylic acids is 2. The zero-order chi connectivity index (χ0) is 22.6. The zero-order valence-corrected chi connectivity index (χ0v) is 17.6. The number of benzene rings is 2. The molecule has 0 spiro atoms. The van der Waals surface area contributed by atoms with Gasteiger partial charge in [-0.05, 0) is 28.8 Å². The van der Waals surface area contributed by atoms with E-state index in [4.69, 9.17) is 4.74 Å². The summed E-state index contributed by atoms with van der Waals surface area (Å²) in [6.45, 7) is 0.617. The lowest BCUT2D eigenvalue weighted by Gasteiger charge is -2.41. The van der Waals surface area contributed by atoms with Gasteiger partial charge in [0.15, 0.2) is 5.60 Å². The number of halogens is 1. The van der Waals surface area contributed by atoms with E-state index in [1.54, 1.807) is 24.1 Å². The van der Waals surface area contributed by atoms with Crippen LogP contribution in [0.1, 0.15) is 16.1 Å². The number of aromatic nitrogens is 2. The zero-order valence-electron chi connectivity index (χ0n) is 17.6. The van der Waals surface area contributed by atoms with E-state index < -0.39 is 5.60 Å². The molecular weight excluding hydrogens is 411 g/mol. The second-order valence-electron chi connectivity index (χ2n) is 7.58. The summed E-state index contributed by atoms with van der Waals surface area (Å²) in [6, 6.07) is 13.8. The van der Waals surface area contributed by atoms with Gasteiger partial charge < -0.3 is 15.0 Å². The normalized spacial score (nSPS) is 18.2. The minimum Gasteiger partial charge on any atom is -0.361 e. The van der Waals surface area contributed by atoms with Crippen LogP contribution >= 0.6 is 0 Å². The number of morpholine rings is 1. The topological polar surface area (TPSA) is 84.4 Å². The highest BCUT2D eigenvalue weighted by molar-refractivity contribution is 5.93. The van der Waals surface area contributed by atoms with Gasteiger partial charge in [-0.15, -0.1) is 0 Å². The third kappa shape index (κ3) is 4.36. The number of nitrogens with zero attached hydrogens (tertiary/aromatic N) is 3. The van der Waals surface area contributed by atoms with Crippen LogP contribution in [0.15, 0.2) is 67.1 Å². The van der Waals surface area contributed by atoms with Crippen molar-refractivity contribution in [1.82, 2.24) is 20.2 Å². The van der Waals surface area contributed by atoms with Crippen molar-refractivity contribution in [2.24, 2.45) is 0 Å². The molecule has 1 atom stereocenters. The van der Waals surface area contributed by atoms with Gasteiger partial charge in [-0.1, -0.05) is 36.4 Å². The van der Waals surface area contributed by atoms with Gasteiger partial charge in [0, 0.05) is 32.4 Å². The Morgan fingerprint density at radius 1 is 1.16 bits per heavy atom. The number of hydrogen-bond donors (Lipinski definition) is 1. The molecule has 0 radical (unpaired) electrons. The summed E-state index contributed by atoms with van der Waals surface area (Å²) in [5.74, 6) is -0.939. The van der Waals surface area contributed by atoms with Crippen LogP contribution in [0.25, 0.3) is 11.1 Å². The van der Waals surface area contributed by atoms with E-state index in [2.05, 4.69) is 15.3 Å². The fourth-order valence-corrected chi connectivity index (χ4v) is 3.97. The largest absolute Gasteiger partial charge is 0.361 e. The summed E-state index contributed by atoms with van der Waals surface area (Å²) in [7, 11) is 1.54. The SMILES string of the molecule is CNC(=O)C1(Cc2ccccc2-c2ccc(F)cc2)CN(C(=O)c2cnccn2)CCO1. The van der Waals surface area contributed by atoms with E-state index in [1.165, 1.54) is 30.7 Å². The van der Waals surface area contributed by atoms with E-state index >= 15 is 0 Å². The molecule has 1 aliphatic rings. The van der Waals surface area contributed by atoms with Gasteiger partial charge in [0.1, 0.15) is 11.5 Å². The molecule has 1 saturated heterocycles. The van der Waals surface area contributed by atoms with Crippen molar-refractivity contribution >= 4 is 11.8 Å². The number of ether oxygens (including phenoxy) is 1. The Morgan fingerprint density at radius 2 is 1.94 bits per heavy atom. The maximum absolute atomic E-state index is 13.4. The van der Waals surface area contributed by atoms with Gasteiger partial charge in [0.05, 0.1) is 19.3 Å². The minimum atomic E-state index is -1.28. The Labute approximate surface area is 185 Å². The van der Waals surface area contributed by atoms with Crippen LogP contribution in [0.2, 0.25) is 0 Å². The molecule has 8 heteroatoms. The standard InChI is InChI=1S/C24H23FN4O3/c1-26-23(31)24(16-29(12-13-32-24)22(30)21-15-27-10-11-28-21)14-18-4-2-3-5-20(18)17-6-8-19(25)9-7-17/h2-11,15H,12-14,16H2,1H3,(H,26,31). The first kappa shape index (κ1) is 21.6. The predicted octanol–water partition coefficient (Wildman–Crippen LogP) is 2.48. The average Bonchev–Trinajstić information content (AvgIpc) is 2.84. The molecule has 32 heavy (non-hydrogen) atoms. The highest BCUT2D eigenvalue weighted by atomic mass is 19.1. The Bertz CT molecular complexity index is 1110. The van der Waals surface area contributed by atoms with Gasteiger partial charge in [0.2, 0.25) is 0 Å². The van der Waals surface area contributed by atoms with Crippen LogP contribution in [0.4, 0.5) is 4.39 Å². The third-order valence-corrected chi connectivity index (χ3v) is 5.54. The molecular formula is C24H23FN4O3. The van der Waals surface area contributed by atoms with Crippen LogP contribution < -0.4 is 5.32 Å². The summed E-state index contributed by atoms with van der Waals surface area (Å²) >= 11 is 0. The smallest absolute Gasteiger partial charge is 0.274 e. The summed E-state index contributed by atoms with van der Waals surface area (Å²) in [5, 5.41) is 2.68. The Kier molecular flexibility index (Phi) is 6.23. The number of likely N-dealkylation sites (N-methyl/N-ethyl adjacent to an activating group) is 1. The molecule has 1 aliphatic heterocycles. The first-order valence-corrected chi connectivity index (χ1v) is 10.3. The number of nitrogens with one attached hydrogen (secondary N) is 1. The number of rotatable bonds is 5. The molecule has 1 N–H and O–H groups in total. The molecule has 4 rings (SSSR count). The van der Waals surface area contributed by atoms with Gasteiger partial charge in [-0.2, -0.15) is 0 Å². The van der Waals surface area contributed by atoms with Crippen molar-refractivity contribution in [3.8, 4) is 11.1 Å². The summed E-state index contributed by atoms with van der Waals surface area (Å²) < 4.78 is 19.5. The van der Waals surface area contributed by atoms with E-state index in [0.29, 0.717) is 6.54 Å². The van der Waals surface area contributed by atoms with Crippen LogP contribution in [0.3, 0.4) is 0 Å². The second kappa shape index (κ2) is 9.23. The van der Waals surface area contributed by atoms with E-state index in [-0.39, 0.29) is 42.9 Å². The summed E-state index contributed by atoms with van der Waals surface area (Å²) in [5.41, 5.74) is 1.50. The molecule has 7 nitrogen and oxygen atoms in total. The molecule has 1 fully saturated rings. The molecule has 1 unspecified atom stereocenters. The van der Waals surface area contributed by atoms with Gasteiger partial charge in [-0.25, -0.2) is 9.37 Å². The van der Waals surface area contributed by atoms with Crippen LogP contribution in [-0.2, 0) is 16.0 Å². The maximum Gasteiger partial charge on any atom is 0.274 e. The Morgan fingerprint density at radius 3 is 2.66 bits per heavy atom. The average molecular weight is 434 g/mol. The van der Waals surface area contributed by atoms with Crippen molar-refractivity contribution in [3.63, 3.8) is 0 Å². The van der Waals surface area contributed by atoms with Gasteiger partial charge >= 0.3 is 0 Å².